The fourth-order valence-electron chi connectivity index (χ4n) is 1.80. The lowest BCUT2D eigenvalue weighted by Gasteiger charge is -2.11. The first kappa shape index (κ1) is 10.0. The highest BCUT2D eigenvalue weighted by molar-refractivity contribution is 5.83. The van der Waals surface area contributed by atoms with Crippen molar-refractivity contribution in [1.82, 2.24) is 0 Å². The number of ether oxygens (including phenoxy) is 2. The summed E-state index contributed by atoms with van der Waals surface area (Å²) in [5.74, 6) is 1.57. The van der Waals surface area contributed by atoms with Gasteiger partial charge in [-0.05, 0) is 36.1 Å². The van der Waals surface area contributed by atoms with Crippen LogP contribution in [0.1, 0.15) is 17.5 Å². The molecule has 2 rings (SSSR count). The number of hydrogen-bond acceptors (Lipinski definition) is 3. The van der Waals surface area contributed by atoms with Gasteiger partial charge in [-0.2, -0.15) is 0 Å². The molecule has 0 saturated carbocycles. The maximum atomic E-state index is 5.27. The maximum absolute atomic E-state index is 5.27. The molecule has 1 aliphatic heterocycles. The van der Waals surface area contributed by atoms with Gasteiger partial charge in [0.2, 0.25) is 0 Å². The SMILES string of the molecule is COc1cc2c(cc1OC)CCCN=C2. The van der Waals surface area contributed by atoms with Crippen LogP contribution in [0, 0.1) is 0 Å². The molecule has 3 nitrogen and oxygen atoms in total. The van der Waals surface area contributed by atoms with E-state index in [2.05, 4.69) is 4.99 Å². The summed E-state index contributed by atoms with van der Waals surface area (Å²) in [6, 6.07) is 4.04. The zero-order valence-electron chi connectivity index (χ0n) is 9.12. The van der Waals surface area contributed by atoms with Gasteiger partial charge in [0.15, 0.2) is 11.5 Å². The van der Waals surface area contributed by atoms with Gasteiger partial charge >= 0.3 is 0 Å². The van der Waals surface area contributed by atoms with Crippen LogP contribution in [-0.2, 0) is 6.42 Å². The van der Waals surface area contributed by atoms with Crippen molar-refractivity contribution in [3.8, 4) is 11.5 Å². The van der Waals surface area contributed by atoms with E-state index in [4.69, 9.17) is 9.47 Å². The molecule has 1 aromatic carbocycles. The number of aryl methyl sites for hydroxylation is 1. The van der Waals surface area contributed by atoms with E-state index in [1.165, 1.54) is 5.56 Å². The van der Waals surface area contributed by atoms with E-state index < -0.39 is 0 Å². The van der Waals surface area contributed by atoms with Crippen LogP contribution < -0.4 is 9.47 Å². The monoisotopic (exact) mass is 205 g/mol. The molecule has 3 heteroatoms. The lowest BCUT2D eigenvalue weighted by molar-refractivity contribution is 0.354. The normalized spacial score (nSPS) is 14.3. The first-order valence-electron chi connectivity index (χ1n) is 5.10. The highest BCUT2D eigenvalue weighted by atomic mass is 16.5. The Labute approximate surface area is 89.7 Å². The smallest absolute Gasteiger partial charge is 0.161 e. The van der Waals surface area contributed by atoms with E-state index >= 15 is 0 Å². The number of aliphatic imine (C=N–C) groups is 1. The first-order chi connectivity index (χ1) is 7.35. The van der Waals surface area contributed by atoms with Crippen molar-refractivity contribution >= 4 is 6.21 Å². The van der Waals surface area contributed by atoms with E-state index in [0.717, 1.165) is 36.4 Å². The highest BCUT2D eigenvalue weighted by Gasteiger charge is 2.11. The Balaban J connectivity index is 2.48. The molecule has 1 aromatic rings. The Morgan fingerprint density at radius 1 is 1.13 bits per heavy atom. The summed E-state index contributed by atoms with van der Waals surface area (Å²) >= 11 is 0. The Kier molecular flexibility index (Phi) is 2.90. The molecule has 0 bridgehead atoms. The number of benzene rings is 1. The minimum absolute atomic E-state index is 0.768. The molecular weight excluding hydrogens is 190 g/mol. The van der Waals surface area contributed by atoms with E-state index in [-0.39, 0.29) is 0 Å². The van der Waals surface area contributed by atoms with Gasteiger partial charge in [-0.3, -0.25) is 4.99 Å². The average Bonchev–Trinajstić information content (AvgIpc) is 2.51. The van der Waals surface area contributed by atoms with E-state index in [9.17, 15) is 0 Å². The molecule has 0 aromatic heterocycles. The van der Waals surface area contributed by atoms with Crippen molar-refractivity contribution in [2.45, 2.75) is 12.8 Å². The predicted molar refractivity (Wildman–Crippen MR) is 60.3 cm³/mol. The standard InChI is InChI=1S/C12H15NO2/c1-14-11-6-9-4-3-5-13-8-10(9)7-12(11)15-2/h6-8H,3-5H2,1-2H3. The quantitative estimate of drug-likeness (QED) is 0.740. The van der Waals surface area contributed by atoms with E-state index in [1.54, 1.807) is 14.2 Å². The molecule has 0 spiro atoms. The Morgan fingerprint density at radius 3 is 2.60 bits per heavy atom. The van der Waals surface area contributed by atoms with Gasteiger partial charge in [-0.15, -0.1) is 0 Å². The molecule has 0 N–H and O–H groups in total. The summed E-state index contributed by atoms with van der Waals surface area (Å²) in [5, 5.41) is 0. The van der Waals surface area contributed by atoms with Crippen LogP contribution in [0.2, 0.25) is 0 Å². The third kappa shape index (κ3) is 1.96. The van der Waals surface area contributed by atoms with Gasteiger partial charge in [0.05, 0.1) is 14.2 Å². The topological polar surface area (TPSA) is 30.8 Å². The second kappa shape index (κ2) is 4.34. The highest BCUT2D eigenvalue weighted by Crippen LogP contribution is 2.31. The number of hydrogen-bond donors (Lipinski definition) is 0. The molecule has 1 heterocycles. The summed E-state index contributed by atoms with van der Waals surface area (Å²) < 4.78 is 10.5. The van der Waals surface area contributed by atoms with Crippen LogP contribution >= 0.6 is 0 Å². The molecule has 0 aliphatic carbocycles. The first-order valence-corrected chi connectivity index (χ1v) is 5.10. The molecule has 0 saturated heterocycles. The summed E-state index contributed by atoms with van der Waals surface area (Å²) in [4.78, 5) is 4.32. The van der Waals surface area contributed by atoms with E-state index in [0.29, 0.717) is 0 Å². The van der Waals surface area contributed by atoms with Crippen LogP contribution in [0.5, 0.6) is 11.5 Å². The van der Waals surface area contributed by atoms with Crippen LogP contribution in [0.4, 0.5) is 0 Å². The molecule has 0 fully saturated rings. The molecule has 0 atom stereocenters. The largest absolute Gasteiger partial charge is 0.493 e. The fourth-order valence-corrected chi connectivity index (χ4v) is 1.80. The van der Waals surface area contributed by atoms with Gasteiger partial charge in [0.25, 0.3) is 0 Å². The number of nitrogens with zero attached hydrogens (tertiary/aromatic N) is 1. The van der Waals surface area contributed by atoms with Crippen LogP contribution in [0.3, 0.4) is 0 Å². The van der Waals surface area contributed by atoms with Gasteiger partial charge < -0.3 is 9.47 Å². The molecule has 0 radical (unpaired) electrons. The lowest BCUT2D eigenvalue weighted by Crippen LogP contribution is -1.97. The third-order valence-corrected chi connectivity index (χ3v) is 2.61. The molecule has 15 heavy (non-hydrogen) atoms. The van der Waals surface area contributed by atoms with Crippen molar-refractivity contribution in [1.29, 1.82) is 0 Å². The van der Waals surface area contributed by atoms with Crippen molar-refractivity contribution < 1.29 is 9.47 Å². The summed E-state index contributed by atoms with van der Waals surface area (Å²) in [7, 11) is 3.31. The molecule has 0 amide bonds. The number of methoxy groups -OCH3 is 2. The molecular formula is C12H15NO2. The predicted octanol–water partition coefficient (Wildman–Crippen LogP) is 2.07. The summed E-state index contributed by atoms with van der Waals surface area (Å²) in [6.45, 7) is 0.902. The zero-order chi connectivity index (χ0) is 10.7. The second-order valence-corrected chi connectivity index (χ2v) is 3.54. The third-order valence-electron chi connectivity index (χ3n) is 2.61. The minimum atomic E-state index is 0.768. The van der Waals surface area contributed by atoms with Gasteiger partial charge in [-0.25, -0.2) is 0 Å². The average molecular weight is 205 g/mol. The van der Waals surface area contributed by atoms with Crippen molar-refractivity contribution in [3.63, 3.8) is 0 Å². The van der Waals surface area contributed by atoms with Gasteiger partial charge in [-0.1, -0.05) is 0 Å². The van der Waals surface area contributed by atoms with Crippen molar-refractivity contribution in [2.24, 2.45) is 4.99 Å². The van der Waals surface area contributed by atoms with Gasteiger partial charge in [0.1, 0.15) is 0 Å². The summed E-state index contributed by atoms with van der Waals surface area (Å²) in [5.41, 5.74) is 2.43. The van der Waals surface area contributed by atoms with Crippen molar-refractivity contribution in [2.75, 3.05) is 20.8 Å². The minimum Gasteiger partial charge on any atom is -0.493 e. The Morgan fingerprint density at radius 2 is 1.87 bits per heavy atom. The molecule has 1 aliphatic rings. The summed E-state index contributed by atoms with van der Waals surface area (Å²) in [6.07, 6.45) is 4.07. The number of fused-ring (bicyclic) bond motifs is 1. The Hall–Kier alpha value is -1.51. The van der Waals surface area contributed by atoms with Crippen LogP contribution in [0.25, 0.3) is 0 Å². The fraction of sp³-hybridized carbons (Fsp3) is 0.417. The maximum Gasteiger partial charge on any atom is 0.161 e. The lowest BCUT2D eigenvalue weighted by atomic mass is 10.0. The van der Waals surface area contributed by atoms with E-state index in [1.807, 2.05) is 18.3 Å². The Bertz CT molecular complexity index is 385. The van der Waals surface area contributed by atoms with Crippen LogP contribution in [0.15, 0.2) is 17.1 Å². The molecule has 80 valence electrons. The second-order valence-electron chi connectivity index (χ2n) is 3.54. The van der Waals surface area contributed by atoms with Gasteiger partial charge in [0, 0.05) is 12.8 Å². The molecule has 0 unspecified atom stereocenters. The van der Waals surface area contributed by atoms with Crippen molar-refractivity contribution in [3.05, 3.63) is 23.3 Å². The van der Waals surface area contributed by atoms with Crippen LogP contribution in [-0.4, -0.2) is 27.0 Å². The number of rotatable bonds is 2. The zero-order valence-corrected chi connectivity index (χ0v) is 9.12.